The maximum absolute atomic E-state index is 13.4. The minimum Gasteiger partial charge on any atom is -0.457 e. The molecule has 1 aromatic heterocycles. The summed E-state index contributed by atoms with van der Waals surface area (Å²) in [4.78, 5) is 47.6. The first-order valence-corrected chi connectivity index (χ1v) is 9.50. The van der Waals surface area contributed by atoms with Crippen molar-refractivity contribution in [3.05, 3.63) is 82.3 Å². The number of ether oxygens (including phenoxy) is 1. The van der Waals surface area contributed by atoms with E-state index in [2.05, 4.69) is 9.97 Å². The Hall–Kier alpha value is -3.41. The molecule has 0 N–H and O–H groups in total. The van der Waals surface area contributed by atoms with Gasteiger partial charge in [-0.1, -0.05) is 44.2 Å². The Balaban J connectivity index is 1.76. The number of Topliss-reactive ketones (excluding diaryl/α,β-unsaturated/α-hetero) is 3. The van der Waals surface area contributed by atoms with Crippen LogP contribution in [0.1, 0.15) is 59.0 Å². The first kappa shape index (κ1) is 17.7. The van der Waals surface area contributed by atoms with Gasteiger partial charge in [0.15, 0.2) is 11.5 Å². The van der Waals surface area contributed by atoms with Crippen molar-refractivity contribution in [2.45, 2.75) is 32.6 Å². The van der Waals surface area contributed by atoms with E-state index in [1.165, 1.54) is 12.5 Å². The lowest BCUT2D eigenvalue weighted by molar-refractivity contribution is -0.119. The van der Waals surface area contributed by atoms with Crippen molar-refractivity contribution in [2.24, 2.45) is 5.41 Å². The van der Waals surface area contributed by atoms with Crippen LogP contribution in [-0.4, -0.2) is 27.3 Å². The molecule has 6 nitrogen and oxygen atoms in total. The summed E-state index contributed by atoms with van der Waals surface area (Å²) >= 11 is 0. The number of hydrogen-bond acceptors (Lipinski definition) is 6. The Morgan fingerprint density at radius 1 is 1.00 bits per heavy atom. The van der Waals surface area contributed by atoms with Crippen LogP contribution >= 0.6 is 0 Å². The van der Waals surface area contributed by atoms with Crippen molar-refractivity contribution in [3.63, 3.8) is 0 Å². The molecule has 144 valence electrons. The number of carbonyl (C=O) groups is 3. The number of rotatable bonds is 1. The number of allylic oxidation sites excluding steroid dienone is 4. The zero-order valence-corrected chi connectivity index (χ0v) is 16.1. The topological polar surface area (TPSA) is 86.2 Å². The molecule has 2 aliphatic carbocycles. The van der Waals surface area contributed by atoms with E-state index in [1.54, 1.807) is 0 Å². The monoisotopic (exact) mass is 386 g/mol. The van der Waals surface area contributed by atoms with Gasteiger partial charge in [0, 0.05) is 30.5 Å². The fraction of sp³-hybridized carbons (Fsp3) is 0.261. The fourth-order valence-corrected chi connectivity index (χ4v) is 4.45. The molecule has 0 fully saturated rings. The molecule has 29 heavy (non-hydrogen) atoms. The highest BCUT2D eigenvalue weighted by molar-refractivity contribution is 6.27. The van der Waals surface area contributed by atoms with Gasteiger partial charge in [0.2, 0.25) is 11.6 Å². The van der Waals surface area contributed by atoms with Crippen LogP contribution in [0.15, 0.2) is 65.5 Å². The van der Waals surface area contributed by atoms with Gasteiger partial charge in [0.25, 0.3) is 0 Å². The highest BCUT2D eigenvalue weighted by Crippen LogP contribution is 2.50. The molecule has 5 rings (SSSR count). The van der Waals surface area contributed by atoms with Gasteiger partial charge in [-0.05, 0) is 11.0 Å². The molecule has 0 radical (unpaired) electrons. The van der Waals surface area contributed by atoms with Gasteiger partial charge in [-0.25, -0.2) is 9.97 Å². The van der Waals surface area contributed by atoms with Crippen LogP contribution in [0.4, 0.5) is 0 Å². The lowest BCUT2D eigenvalue weighted by atomic mass is 9.68. The quantitative estimate of drug-likeness (QED) is 0.745. The summed E-state index contributed by atoms with van der Waals surface area (Å²) in [5.41, 5.74) is 1.36. The first-order chi connectivity index (χ1) is 13.9. The predicted molar refractivity (Wildman–Crippen MR) is 103 cm³/mol. The highest BCUT2D eigenvalue weighted by Gasteiger charge is 2.49. The summed E-state index contributed by atoms with van der Waals surface area (Å²) in [7, 11) is 0. The molecule has 3 aliphatic rings. The van der Waals surface area contributed by atoms with Gasteiger partial charge in [0.1, 0.15) is 17.8 Å². The van der Waals surface area contributed by atoms with Gasteiger partial charge in [-0.15, -0.1) is 0 Å². The van der Waals surface area contributed by atoms with E-state index < -0.39 is 17.5 Å². The van der Waals surface area contributed by atoms with Crippen molar-refractivity contribution in [2.75, 3.05) is 0 Å². The van der Waals surface area contributed by atoms with Crippen molar-refractivity contribution < 1.29 is 19.1 Å². The molecular weight excluding hydrogens is 368 g/mol. The molecule has 2 heterocycles. The van der Waals surface area contributed by atoms with Crippen molar-refractivity contribution in [3.8, 4) is 0 Å². The number of carbonyl (C=O) groups excluding carboxylic acids is 3. The van der Waals surface area contributed by atoms with Crippen LogP contribution in [0.3, 0.4) is 0 Å². The Bertz CT molecular complexity index is 1160. The molecule has 1 atom stereocenters. The molecule has 2 aromatic rings. The lowest BCUT2D eigenvalue weighted by Crippen LogP contribution is -2.37. The SMILES string of the molecule is CC1(C)CC(=O)C2=C(C1)OC1=C(C(=O)c3ncncc3C1=O)C2c1ccccc1. The van der Waals surface area contributed by atoms with Crippen molar-refractivity contribution in [1.82, 2.24) is 9.97 Å². The smallest absolute Gasteiger partial charge is 0.232 e. The lowest BCUT2D eigenvalue weighted by Gasteiger charge is -2.39. The van der Waals surface area contributed by atoms with E-state index in [9.17, 15) is 14.4 Å². The van der Waals surface area contributed by atoms with Gasteiger partial charge < -0.3 is 4.74 Å². The van der Waals surface area contributed by atoms with Gasteiger partial charge >= 0.3 is 0 Å². The van der Waals surface area contributed by atoms with Crippen LogP contribution < -0.4 is 0 Å². The third-order valence-electron chi connectivity index (χ3n) is 5.68. The third-order valence-corrected chi connectivity index (χ3v) is 5.68. The number of benzene rings is 1. The maximum atomic E-state index is 13.4. The second-order valence-electron chi connectivity index (χ2n) is 8.41. The van der Waals surface area contributed by atoms with E-state index in [0.717, 1.165) is 5.56 Å². The zero-order valence-electron chi connectivity index (χ0n) is 16.1. The molecular formula is C23H18N2O4. The molecule has 1 unspecified atom stereocenters. The Kier molecular flexibility index (Phi) is 3.68. The fourth-order valence-electron chi connectivity index (χ4n) is 4.45. The summed E-state index contributed by atoms with van der Waals surface area (Å²) in [6.07, 6.45) is 3.47. The normalized spacial score (nSPS) is 22.7. The van der Waals surface area contributed by atoms with Crippen LogP contribution in [0, 0.1) is 5.41 Å². The summed E-state index contributed by atoms with van der Waals surface area (Å²) in [6.45, 7) is 3.99. The molecule has 0 spiro atoms. The molecule has 1 aromatic carbocycles. The number of hydrogen-bond donors (Lipinski definition) is 0. The van der Waals surface area contributed by atoms with Gasteiger partial charge in [-0.2, -0.15) is 0 Å². The standard InChI is InChI=1S/C23H18N2O4/c1-23(2)8-14(26)17-15(9-23)29-22-18(16(17)12-6-4-3-5-7-12)21(28)19-13(20(22)27)10-24-11-25-19/h3-7,10-11,16H,8-9H2,1-2H3. The summed E-state index contributed by atoms with van der Waals surface area (Å²) < 4.78 is 6.00. The van der Waals surface area contributed by atoms with Crippen molar-refractivity contribution >= 4 is 17.3 Å². The number of aromatic nitrogens is 2. The first-order valence-electron chi connectivity index (χ1n) is 9.50. The average Bonchev–Trinajstić information content (AvgIpc) is 2.70. The molecule has 6 heteroatoms. The van der Waals surface area contributed by atoms with Crippen LogP contribution in [-0.2, 0) is 9.53 Å². The minimum absolute atomic E-state index is 0.00426. The third kappa shape index (κ3) is 2.59. The predicted octanol–water partition coefficient (Wildman–Crippen LogP) is 3.57. The second-order valence-corrected chi connectivity index (χ2v) is 8.41. The summed E-state index contributed by atoms with van der Waals surface area (Å²) in [6, 6.07) is 9.31. The highest BCUT2D eigenvalue weighted by atomic mass is 16.5. The maximum Gasteiger partial charge on any atom is 0.232 e. The van der Waals surface area contributed by atoms with E-state index in [1.807, 2.05) is 44.2 Å². The van der Waals surface area contributed by atoms with Crippen LogP contribution in [0.5, 0.6) is 0 Å². The van der Waals surface area contributed by atoms with Gasteiger partial charge in [0.05, 0.1) is 11.1 Å². The number of ketones is 3. The molecule has 0 amide bonds. The van der Waals surface area contributed by atoms with E-state index in [0.29, 0.717) is 24.2 Å². The molecule has 1 aliphatic heterocycles. The van der Waals surface area contributed by atoms with E-state index in [-0.39, 0.29) is 33.8 Å². The average molecular weight is 386 g/mol. The summed E-state index contributed by atoms with van der Waals surface area (Å²) in [5.74, 6) is -1.02. The molecule has 0 bridgehead atoms. The summed E-state index contributed by atoms with van der Waals surface area (Å²) in [5, 5.41) is 0. The van der Waals surface area contributed by atoms with E-state index in [4.69, 9.17) is 4.74 Å². The Morgan fingerprint density at radius 3 is 2.52 bits per heavy atom. The minimum atomic E-state index is -0.641. The largest absolute Gasteiger partial charge is 0.457 e. The number of nitrogens with zero attached hydrogens (tertiary/aromatic N) is 2. The van der Waals surface area contributed by atoms with Crippen LogP contribution in [0.2, 0.25) is 0 Å². The van der Waals surface area contributed by atoms with Gasteiger partial charge in [-0.3, -0.25) is 14.4 Å². The second kappa shape index (κ2) is 6.04. The number of fused-ring (bicyclic) bond motifs is 1. The Labute approximate surface area is 167 Å². The molecule has 0 saturated heterocycles. The van der Waals surface area contributed by atoms with E-state index >= 15 is 0 Å². The molecule has 0 saturated carbocycles. The van der Waals surface area contributed by atoms with Crippen LogP contribution in [0.25, 0.3) is 0 Å². The Morgan fingerprint density at radius 2 is 1.76 bits per heavy atom. The van der Waals surface area contributed by atoms with Crippen molar-refractivity contribution in [1.29, 1.82) is 0 Å². The zero-order chi connectivity index (χ0) is 20.3.